The number of ether oxygens (including phenoxy) is 6. The summed E-state index contributed by atoms with van der Waals surface area (Å²) in [5.74, 6) is -0.159. The molecule has 2 aromatic heterocycles. The molecule has 0 radical (unpaired) electrons. The van der Waals surface area contributed by atoms with Crippen LogP contribution in [0.4, 0.5) is 0 Å². The number of aromatic hydroxyl groups is 1. The molecule has 0 unspecified atom stereocenters. The summed E-state index contributed by atoms with van der Waals surface area (Å²) in [6.07, 6.45) is 0.564. The van der Waals surface area contributed by atoms with Crippen molar-refractivity contribution in [3.63, 3.8) is 0 Å². The smallest absolute Gasteiger partial charge is 0.348 e. The van der Waals surface area contributed by atoms with Crippen LogP contribution in [-0.2, 0) is 39.7 Å². The number of carbonyl (C=O) groups is 1. The Bertz CT molecular complexity index is 2570. The molecule has 0 spiro atoms. The molecule has 3 aromatic carbocycles. The van der Waals surface area contributed by atoms with Gasteiger partial charge in [-0.15, -0.1) is 17.9 Å². The van der Waals surface area contributed by atoms with Crippen molar-refractivity contribution in [3.8, 4) is 34.3 Å². The van der Waals surface area contributed by atoms with Gasteiger partial charge in [-0.25, -0.2) is 14.8 Å². The molecular weight excluding hydrogens is 1000 g/mol. The van der Waals surface area contributed by atoms with Gasteiger partial charge in [0.25, 0.3) is 10.1 Å². The molecule has 0 bridgehead atoms. The van der Waals surface area contributed by atoms with E-state index in [1.54, 1.807) is 58.9 Å². The van der Waals surface area contributed by atoms with E-state index in [0.717, 1.165) is 11.6 Å². The Balaban J connectivity index is 1.51. The number of phenolic OH excluding ortho intramolecular Hbond substituents is 1. The summed E-state index contributed by atoms with van der Waals surface area (Å²) < 4.78 is 68.6. The van der Waals surface area contributed by atoms with E-state index in [9.17, 15) is 18.3 Å². The van der Waals surface area contributed by atoms with Gasteiger partial charge >= 0.3 is 5.97 Å². The largest absolute Gasteiger partial charge is 0.508 e. The minimum absolute atomic E-state index is 0.00830. The van der Waals surface area contributed by atoms with E-state index in [0.29, 0.717) is 54.2 Å². The first kappa shape index (κ1) is 52.2. The Hall–Kier alpha value is -3.78. The van der Waals surface area contributed by atoms with Gasteiger partial charge in [-0.1, -0.05) is 66.6 Å². The minimum Gasteiger partial charge on any atom is -0.508 e. The van der Waals surface area contributed by atoms with Gasteiger partial charge in [-0.3, -0.25) is 4.18 Å². The van der Waals surface area contributed by atoms with Crippen molar-refractivity contribution in [3.05, 3.63) is 97.5 Å². The summed E-state index contributed by atoms with van der Waals surface area (Å²) in [7, 11) is -5.48. The van der Waals surface area contributed by atoms with Gasteiger partial charge in [0.05, 0.1) is 37.3 Å². The number of esters is 1. The van der Waals surface area contributed by atoms with Crippen LogP contribution in [-0.4, -0.2) is 88.6 Å². The first-order valence-corrected chi connectivity index (χ1v) is 28.1. The Labute approximate surface area is 404 Å². The fourth-order valence-corrected chi connectivity index (χ4v) is 10.3. The van der Waals surface area contributed by atoms with E-state index < -0.39 is 48.6 Å². The van der Waals surface area contributed by atoms with Gasteiger partial charge in [0.2, 0.25) is 12.0 Å². The van der Waals surface area contributed by atoms with Crippen LogP contribution in [0, 0.1) is 20.8 Å². The average Bonchev–Trinajstić information content (AvgIpc) is 3.56. The molecule has 0 saturated heterocycles. The molecule has 13 nitrogen and oxygen atoms in total. The Morgan fingerprint density at radius 1 is 0.969 bits per heavy atom. The van der Waals surface area contributed by atoms with Crippen LogP contribution in [0.2, 0.25) is 35.7 Å². The van der Waals surface area contributed by atoms with Crippen molar-refractivity contribution >= 4 is 84.8 Å². The highest BCUT2D eigenvalue weighted by Crippen LogP contribution is 2.52. The summed E-state index contributed by atoms with van der Waals surface area (Å²) >= 11 is 19.3. The zero-order valence-corrected chi connectivity index (χ0v) is 43.6. The molecule has 352 valence electrons. The van der Waals surface area contributed by atoms with Crippen LogP contribution < -0.4 is 14.2 Å². The maximum absolute atomic E-state index is 14.0. The molecule has 0 aliphatic heterocycles. The number of phenols is 1. The highest BCUT2D eigenvalue weighted by Gasteiger charge is 2.33. The lowest BCUT2D eigenvalue weighted by atomic mass is 9.95. The summed E-state index contributed by atoms with van der Waals surface area (Å²) in [6.45, 7) is 21.3. The first-order chi connectivity index (χ1) is 30.5. The number of rotatable bonds is 22. The van der Waals surface area contributed by atoms with E-state index in [1.165, 1.54) is 41.9 Å². The topological polar surface area (TPSA) is 162 Å². The molecule has 2 atom stereocenters. The first-order valence-electron chi connectivity index (χ1n) is 20.6. The molecule has 0 saturated carbocycles. The number of carbonyl (C=O) groups excluding carboxylic acids is 1. The van der Waals surface area contributed by atoms with E-state index in [-0.39, 0.29) is 58.7 Å². The maximum atomic E-state index is 14.0. The predicted molar refractivity (Wildman–Crippen MR) is 261 cm³/mol. The molecular formula is C46H55BrCl2N2O11S2Si. The summed E-state index contributed by atoms with van der Waals surface area (Å²) in [4.78, 5) is 23.6. The van der Waals surface area contributed by atoms with Gasteiger partial charge < -0.3 is 33.5 Å². The number of hydrogen-bond donors (Lipinski definition) is 1. The van der Waals surface area contributed by atoms with Gasteiger partial charge in [0.1, 0.15) is 41.0 Å². The van der Waals surface area contributed by atoms with E-state index in [2.05, 4.69) is 52.1 Å². The number of fused-ring (bicyclic) bond motifs is 1. The number of halogens is 3. The summed E-state index contributed by atoms with van der Waals surface area (Å²) in [5, 5.41) is 11.3. The van der Waals surface area contributed by atoms with Gasteiger partial charge in [0, 0.05) is 32.2 Å². The van der Waals surface area contributed by atoms with Crippen molar-refractivity contribution in [2.45, 2.75) is 96.4 Å². The minimum atomic E-state index is -4.15. The van der Waals surface area contributed by atoms with Crippen molar-refractivity contribution in [2.24, 2.45) is 0 Å². The van der Waals surface area contributed by atoms with Crippen LogP contribution >= 0.6 is 50.5 Å². The molecule has 1 N–H and O–H groups in total. The van der Waals surface area contributed by atoms with E-state index in [1.807, 2.05) is 6.92 Å². The zero-order valence-electron chi connectivity index (χ0n) is 37.9. The fraction of sp³-hybridized carbons (Fsp3) is 0.413. The molecule has 0 aliphatic rings. The van der Waals surface area contributed by atoms with Crippen molar-refractivity contribution in [1.82, 2.24) is 9.97 Å². The SMILES string of the molecule is C=CCOC[C@H](COS(=O)(=O)c1ccc(C)cc1)Oc1c(Cl)c(C)c(-c2c(Br)sc3ncnc(O[C@H](Cc4cc(O)ccc4OCOCC[Si](C)(C)C)C(=O)OC(C)(C)C)c23)c(C)c1Cl. The third-order valence-corrected chi connectivity index (χ3v) is 15.4. The van der Waals surface area contributed by atoms with Gasteiger partial charge in [-0.2, -0.15) is 8.42 Å². The third kappa shape index (κ3) is 14.1. The molecule has 5 aromatic rings. The number of benzene rings is 3. The summed E-state index contributed by atoms with van der Waals surface area (Å²) in [6, 6.07) is 11.9. The number of hydrogen-bond acceptors (Lipinski definition) is 14. The summed E-state index contributed by atoms with van der Waals surface area (Å²) in [5.41, 5.74) is 2.79. The van der Waals surface area contributed by atoms with Crippen molar-refractivity contribution in [2.75, 3.05) is 33.2 Å². The lowest BCUT2D eigenvalue weighted by Gasteiger charge is -2.25. The lowest BCUT2D eigenvalue weighted by Crippen LogP contribution is -2.37. The number of nitrogens with zero attached hydrogens (tertiary/aromatic N) is 2. The Morgan fingerprint density at radius 2 is 1.65 bits per heavy atom. The van der Waals surface area contributed by atoms with Crippen molar-refractivity contribution in [1.29, 1.82) is 0 Å². The molecule has 0 amide bonds. The number of thiophene rings is 1. The Kier molecular flexibility index (Phi) is 17.9. The van der Waals surface area contributed by atoms with Crippen LogP contribution in [0.25, 0.3) is 21.3 Å². The second-order valence-corrected chi connectivity index (χ2v) is 27.7. The monoisotopic (exact) mass is 1050 g/mol. The molecule has 65 heavy (non-hydrogen) atoms. The lowest BCUT2D eigenvalue weighted by molar-refractivity contribution is -0.163. The van der Waals surface area contributed by atoms with Gasteiger partial charge in [-0.05, 0) is 111 Å². The normalized spacial score (nSPS) is 13.1. The highest BCUT2D eigenvalue weighted by molar-refractivity contribution is 9.11. The van der Waals surface area contributed by atoms with Gasteiger partial charge in [0.15, 0.2) is 12.5 Å². The Morgan fingerprint density at radius 3 is 2.28 bits per heavy atom. The fourth-order valence-electron chi connectivity index (χ4n) is 6.40. The molecule has 5 rings (SSSR count). The number of aryl methyl sites for hydroxylation is 1. The molecule has 0 fully saturated rings. The standard InChI is InChI=1S/C46H55BrCl2N2O11S2Si/c1-11-18-56-23-32(24-59-64(54,55)33-15-12-27(2)13-16-33)60-41-39(48)28(3)36(29(4)40(41)49)37-38-43(50-25-51-44(38)63-42(37)47)61-35(45(53)62-46(5,6)7)22-30-21-31(52)14-17-34(30)58-26-57-19-20-65(8,9)10/h11-17,21,25,32,35,52H,1,18-20,22-24,26H2,2-10H3/t32-,35-/m1/s1. The van der Waals surface area contributed by atoms with Crippen LogP contribution in [0.3, 0.4) is 0 Å². The molecule has 0 aliphatic carbocycles. The number of aromatic nitrogens is 2. The van der Waals surface area contributed by atoms with E-state index in [4.69, 9.17) is 55.8 Å². The predicted octanol–water partition coefficient (Wildman–Crippen LogP) is 11.4. The molecule has 2 heterocycles. The quantitative estimate of drug-likeness (QED) is 0.0174. The van der Waals surface area contributed by atoms with Crippen LogP contribution in [0.5, 0.6) is 23.1 Å². The highest BCUT2D eigenvalue weighted by atomic mass is 79.9. The average molecular weight is 1050 g/mol. The third-order valence-electron chi connectivity index (χ3n) is 9.68. The maximum Gasteiger partial charge on any atom is 0.348 e. The van der Waals surface area contributed by atoms with Crippen LogP contribution in [0.1, 0.15) is 43.0 Å². The second-order valence-electron chi connectivity index (χ2n) is 17.4. The van der Waals surface area contributed by atoms with E-state index >= 15 is 0 Å². The second kappa shape index (κ2) is 22.3. The molecule has 19 heteroatoms. The van der Waals surface area contributed by atoms with Crippen LogP contribution in [0.15, 0.2) is 70.1 Å². The zero-order chi connectivity index (χ0) is 47.9. The van der Waals surface area contributed by atoms with Crippen molar-refractivity contribution < 1.29 is 50.9 Å².